The fraction of sp³-hybridized carbons (Fsp3) is 0.684. The molecule has 5 aliphatic rings. The predicted molar refractivity (Wildman–Crippen MR) is 87.8 cm³/mol. The number of piperidine rings is 1. The van der Waals surface area contributed by atoms with Gasteiger partial charge in [0.2, 0.25) is 5.79 Å². The molecule has 4 atom stereocenters. The van der Waals surface area contributed by atoms with Crippen LogP contribution < -0.4 is 4.74 Å². The Morgan fingerprint density at radius 1 is 1.16 bits per heavy atom. The number of benzene rings is 1. The van der Waals surface area contributed by atoms with Crippen LogP contribution >= 0.6 is 0 Å². The summed E-state index contributed by atoms with van der Waals surface area (Å²) in [5.41, 5.74) is 0.709. The number of phenols is 1. The summed E-state index contributed by atoms with van der Waals surface area (Å²) in [5.74, 6) is -0.132. The zero-order chi connectivity index (χ0) is 17.0. The highest BCUT2D eigenvalue weighted by molar-refractivity contribution is 5.62. The third kappa shape index (κ3) is 1.42. The lowest BCUT2D eigenvalue weighted by Crippen LogP contribution is -2.79. The molecule has 0 aromatic heterocycles. The van der Waals surface area contributed by atoms with Crippen molar-refractivity contribution in [1.82, 2.24) is 4.90 Å². The van der Waals surface area contributed by atoms with E-state index in [1.54, 1.807) is 6.07 Å². The highest BCUT2D eigenvalue weighted by Crippen LogP contribution is 2.67. The molecule has 2 aliphatic carbocycles. The van der Waals surface area contributed by atoms with Gasteiger partial charge in [-0.3, -0.25) is 0 Å². The Morgan fingerprint density at radius 2 is 1.96 bits per heavy atom. The molecule has 3 heterocycles. The lowest BCUT2D eigenvalue weighted by molar-refractivity contribution is -0.295. The molecule has 1 unspecified atom stereocenters. The average molecular weight is 345 g/mol. The SMILES string of the molecule is CN1CC[C@]23c4c5ccc(O)c4O[C@H]2C2(CC[C@@]3(O)C1C5)OCCO2. The zero-order valence-electron chi connectivity index (χ0n) is 14.3. The molecule has 6 rings (SSSR count). The van der Waals surface area contributed by atoms with Gasteiger partial charge in [-0.2, -0.15) is 0 Å². The Hall–Kier alpha value is -1.34. The normalized spacial score (nSPS) is 43.1. The van der Waals surface area contributed by atoms with Gasteiger partial charge < -0.3 is 29.3 Å². The van der Waals surface area contributed by atoms with Gasteiger partial charge in [0.25, 0.3) is 0 Å². The molecule has 6 heteroatoms. The molecular formula is C19H23NO5. The molecule has 1 aromatic rings. The second-order valence-corrected chi connectivity index (χ2v) is 8.30. The minimum Gasteiger partial charge on any atom is -0.504 e. The number of ether oxygens (including phenoxy) is 3. The van der Waals surface area contributed by atoms with Crippen molar-refractivity contribution in [3.05, 3.63) is 23.3 Å². The number of likely N-dealkylation sites (tertiary alicyclic amines) is 1. The topological polar surface area (TPSA) is 71.4 Å². The zero-order valence-corrected chi connectivity index (χ0v) is 14.3. The van der Waals surface area contributed by atoms with E-state index in [9.17, 15) is 10.2 Å². The summed E-state index contributed by atoms with van der Waals surface area (Å²) in [5, 5.41) is 22.5. The Labute approximate surface area is 146 Å². The Morgan fingerprint density at radius 3 is 2.76 bits per heavy atom. The van der Waals surface area contributed by atoms with Gasteiger partial charge in [-0.15, -0.1) is 0 Å². The smallest absolute Gasteiger partial charge is 0.207 e. The van der Waals surface area contributed by atoms with Gasteiger partial charge in [0.1, 0.15) is 0 Å². The monoisotopic (exact) mass is 345 g/mol. The lowest BCUT2D eigenvalue weighted by atomic mass is 9.48. The fourth-order valence-corrected chi connectivity index (χ4v) is 6.48. The van der Waals surface area contributed by atoms with Crippen LogP contribution in [0.4, 0.5) is 0 Å². The molecule has 2 saturated heterocycles. The second kappa shape index (κ2) is 4.31. The second-order valence-electron chi connectivity index (χ2n) is 8.30. The van der Waals surface area contributed by atoms with Crippen LogP contribution in [0.1, 0.15) is 30.4 Å². The number of hydrogen-bond donors (Lipinski definition) is 2. The highest BCUT2D eigenvalue weighted by atomic mass is 16.8. The summed E-state index contributed by atoms with van der Waals surface area (Å²) in [6.45, 7) is 1.98. The van der Waals surface area contributed by atoms with E-state index >= 15 is 0 Å². The number of aliphatic hydroxyl groups is 1. The first-order valence-corrected chi connectivity index (χ1v) is 9.24. The van der Waals surface area contributed by atoms with E-state index < -0.39 is 22.9 Å². The van der Waals surface area contributed by atoms with Crippen molar-refractivity contribution in [2.75, 3.05) is 26.8 Å². The molecule has 1 saturated carbocycles. The van der Waals surface area contributed by atoms with Gasteiger partial charge >= 0.3 is 0 Å². The van der Waals surface area contributed by atoms with Gasteiger partial charge in [0.05, 0.1) is 24.2 Å². The third-order valence-electron chi connectivity index (χ3n) is 7.51. The fourth-order valence-electron chi connectivity index (χ4n) is 6.48. The largest absolute Gasteiger partial charge is 0.504 e. The van der Waals surface area contributed by atoms with E-state index in [-0.39, 0.29) is 11.8 Å². The van der Waals surface area contributed by atoms with Crippen LogP contribution in [0.15, 0.2) is 12.1 Å². The summed E-state index contributed by atoms with van der Waals surface area (Å²) in [4.78, 5) is 2.28. The maximum Gasteiger partial charge on any atom is 0.207 e. The molecule has 0 amide bonds. The number of nitrogens with zero attached hydrogens (tertiary/aromatic N) is 1. The van der Waals surface area contributed by atoms with E-state index in [0.717, 1.165) is 24.9 Å². The molecular weight excluding hydrogens is 322 g/mol. The molecule has 2 bridgehead atoms. The minimum absolute atomic E-state index is 0.0501. The maximum absolute atomic E-state index is 12.0. The van der Waals surface area contributed by atoms with Crippen molar-refractivity contribution in [2.24, 2.45) is 0 Å². The quantitative estimate of drug-likeness (QED) is 0.729. The van der Waals surface area contributed by atoms with Crippen LogP contribution in [0.5, 0.6) is 11.5 Å². The summed E-state index contributed by atoms with van der Waals surface area (Å²) in [6, 6.07) is 3.75. The van der Waals surface area contributed by atoms with Gasteiger partial charge in [0.15, 0.2) is 17.6 Å². The molecule has 134 valence electrons. The Kier molecular flexibility index (Phi) is 2.55. The van der Waals surface area contributed by atoms with Crippen molar-refractivity contribution in [2.45, 2.75) is 54.6 Å². The number of rotatable bonds is 0. The van der Waals surface area contributed by atoms with Gasteiger partial charge in [-0.25, -0.2) is 0 Å². The van der Waals surface area contributed by atoms with Crippen molar-refractivity contribution in [3.63, 3.8) is 0 Å². The standard InChI is InChI=1S/C19H23NO5/c1-20-7-6-17-14-11-2-3-12(21)15(14)25-16(17)19(23-8-9-24-19)5-4-18(17,22)13(20)10-11/h2-3,13,16,21-22H,4-10H2,1H3/t13?,16-,17+,18-/m1/s1. The molecule has 6 nitrogen and oxygen atoms in total. The molecule has 2 spiro atoms. The Balaban J connectivity index is 1.67. The van der Waals surface area contributed by atoms with Crippen molar-refractivity contribution < 1.29 is 24.4 Å². The number of aromatic hydroxyl groups is 1. The number of fused-ring (bicyclic) bond motifs is 1. The first-order chi connectivity index (χ1) is 12.0. The summed E-state index contributed by atoms with van der Waals surface area (Å²) in [6.07, 6.45) is 2.38. The van der Waals surface area contributed by atoms with Crippen LogP contribution in [0.3, 0.4) is 0 Å². The van der Waals surface area contributed by atoms with Crippen molar-refractivity contribution in [1.29, 1.82) is 0 Å². The average Bonchev–Trinajstić information content (AvgIpc) is 3.19. The summed E-state index contributed by atoms with van der Waals surface area (Å²) in [7, 11) is 2.10. The van der Waals surface area contributed by atoms with Crippen LogP contribution in [-0.4, -0.2) is 65.5 Å². The van der Waals surface area contributed by atoms with E-state index in [2.05, 4.69) is 11.9 Å². The summed E-state index contributed by atoms with van der Waals surface area (Å²) < 4.78 is 18.5. The van der Waals surface area contributed by atoms with Crippen LogP contribution in [0.25, 0.3) is 0 Å². The minimum atomic E-state index is -0.892. The first kappa shape index (κ1) is 14.8. The van der Waals surface area contributed by atoms with Crippen molar-refractivity contribution in [3.8, 4) is 11.5 Å². The van der Waals surface area contributed by atoms with Crippen molar-refractivity contribution >= 4 is 0 Å². The lowest BCUT2D eigenvalue weighted by Gasteiger charge is -2.64. The van der Waals surface area contributed by atoms with E-state index in [1.165, 1.54) is 5.56 Å². The molecule has 1 aromatic carbocycles. The van der Waals surface area contributed by atoms with Crippen LogP contribution in [-0.2, 0) is 21.3 Å². The van der Waals surface area contributed by atoms with Gasteiger partial charge in [-0.05, 0) is 44.5 Å². The molecule has 2 N–H and O–H groups in total. The van der Waals surface area contributed by atoms with Crippen LogP contribution in [0, 0.1) is 0 Å². The third-order valence-corrected chi connectivity index (χ3v) is 7.51. The number of hydrogen-bond acceptors (Lipinski definition) is 6. The first-order valence-electron chi connectivity index (χ1n) is 9.24. The predicted octanol–water partition coefficient (Wildman–Crippen LogP) is 0.919. The van der Waals surface area contributed by atoms with E-state index in [0.29, 0.717) is 31.8 Å². The number of phenolic OH excluding ortho intramolecular Hbond substituents is 1. The molecule has 3 aliphatic heterocycles. The van der Waals surface area contributed by atoms with Gasteiger partial charge in [-0.1, -0.05) is 6.07 Å². The van der Waals surface area contributed by atoms with Crippen LogP contribution in [0.2, 0.25) is 0 Å². The molecule has 3 fully saturated rings. The number of likely N-dealkylation sites (N-methyl/N-ethyl adjacent to an activating group) is 1. The van der Waals surface area contributed by atoms with Gasteiger partial charge in [0, 0.05) is 18.0 Å². The highest BCUT2D eigenvalue weighted by Gasteiger charge is 2.77. The van der Waals surface area contributed by atoms with E-state index in [4.69, 9.17) is 14.2 Å². The summed E-state index contributed by atoms with van der Waals surface area (Å²) >= 11 is 0. The van der Waals surface area contributed by atoms with E-state index in [1.807, 2.05) is 6.07 Å². The Bertz CT molecular complexity index is 775. The maximum atomic E-state index is 12.0. The molecule has 25 heavy (non-hydrogen) atoms. The molecule has 0 radical (unpaired) electrons.